The van der Waals surface area contributed by atoms with Crippen LogP contribution in [0.3, 0.4) is 0 Å². The SMILES string of the molecule is C/C(=N\Nc1nc(-c2cn(C)c3ccccc23)c2sccc2n1)c1ccccc1. The quantitative estimate of drug-likeness (QED) is 0.313. The van der Waals surface area contributed by atoms with Crippen molar-refractivity contribution in [3.8, 4) is 11.3 Å². The summed E-state index contributed by atoms with van der Waals surface area (Å²) < 4.78 is 3.22. The van der Waals surface area contributed by atoms with Gasteiger partial charge in [0.1, 0.15) is 0 Å². The van der Waals surface area contributed by atoms with Crippen molar-refractivity contribution in [1.82, 2.24) is 14.5 Å². The van der Waals surface area contributed by atoms with E-state index in [0.29, 0.717) is 5.95 Å². The molecule has 3 aromatic heterocycles. The summed E-state index contributed by atoms with van der Waals surface area (Å²) in [4.78, 5) is 9.49. The minimum atomic E-state index is 0.495. The Morgan fingerprint density at radius 3 is 2.66 bits per heavy atom. The molecule has 5 rings (SSSR count). The van der Waals surface area contributed by atoms with Crippen LogP contribution in [0.2, 0.25) is 0 Å². The summed E-state index contributed by atoms with van der Waals surface area (Å²) in [5, 5.41) is 7.73. The van der Waals surface area contributed by atoms with Crippen molar-refractivity contribution in [2.24, 2.45) is 12.1 Å². The molecule has 0 aliphatic carbocycles. The first-order chi connectivity index (χ1) is 14.2. The molecule has 2 aromatic carbocycles. The lowest BCUT2D eigenvalue weighted by Crippen LogP contribution is -2.03. The Balaban J connectivity index is 1.61. The molecule has 0 saturated heterocycles. The van der Waals surface area contributed by atoms with E-state index in [4.69, 9.17) is 4.98 Å². The van der Waals surface area contributed by atoms with Gasteiger partial charge < -0.3 is 4.57 Å². The molecule has 1 N–H and O–H groups in total. The Hall–Kier alpha value is -3.51. The number of hydrogen-bond donors (Lipinski definition) is 1. The molecule has 0 unspecified atom stereocenters. The van der Waals surface area contributed by atoms with E-state index in [-0.39, 0.29) is 0 Å². The third kappa shape index (κ3) is 3.17. The lowest BCUT2D eigenvalue weighted by atomic mass is 10.1. The van der Waals surface area contributed by atoms with Crippen LogP contribution in [0.25, 0.3) is 32.4 Å². The van der Waals surface area contributed by atoms with Gasteiger partial charge in [0, 0.05) is 29.7 Å². The summed E-state index contributed by atoms with van der Waals surface area (Å²) >= 11 is 1.66. The topological polar surface area (TPSA) is 55.1 Å². The number of benzene rings is 2. The Bertz CT molecular complexity index is 1350. The highest BCUT2D eigenvalue weighted by Crippen LogP contribution is 2.36. The second-order valence-electron chi connectivity index (χ2n) is 6.88. The Kier molecular flexibility index (Phi) is 4.33. The summed E-state index contributed by atoms with van der Waals surface area (Å²) in [5.74, 6) is 0.495. The number of anilines is 1. The van der Waals surface area contributed by atoms with Crippen LogP contribution in [0.5, 0.6) is 0 Å². The number of para-hydroxylation sites is 1. The predicted octanol–water partition coefficient (Wildman–Crippen LogP) is 5.69. The third-order valence-electron chi connectivity index (χ3n) is 4.97. The van der Waals surface area contributed by atoms with Gasteiger partial charge in [-0.1, -0.05) is 48.5 Å². The molecular weight excluding hydrogens is 378 g/mol. The minimum Gasteiger partial charge on any atom is -0.350 e. The molecule has 0 amide bonds. The fourth-order valence-corrected chi connectivity index (χ4v) is 4.34. The molecule has 0 aliphatic heterocycles. The number of fused-ring (bicyclic) bond motifs is 2. The number of hydrazone groups is 1. The summed E-state index contributed by atoms with van der Waals surface area (Å²) in [6.45, 7) is 1.97. The zero-order chi connectivity index (χ0) is 19.8. The molecule has 0 bridgehead atoms. The van der Waals surface area contributed by atoms with Crippen LogP contribution in [0.4, 0.5) is 5.95 Å². The van der Waals surface area contributed by atoms with Gasteiger partial charge in [-0.3, -0.25) is 0 Å². The number of rotatable bonds is 4. The first-order valence-electron chi connectivity index (χ1n) is 9.36. The molecule has 5 aromatic rings. The zero-order valence-corrected chi connectivity index (χ0v) is 16.9. The normalized spacial score (nSPS) is 12.0. The average Bonchev–Trinajstić information content (AvgIpc) is 3.37. The molecule has 0 atom stereocenters. The van der Waals surface area contributed by atoms with Crippen LogP contribution in [-0.4, -0.2) is 20.2 Å². The Morgan fingerprint density at radius 2 is 1.79 bits per heavy atom. The van der Waals surface area contributed by atoms with Gasteiger partial charge in [0.15, 0.2) is 0 Å². The van der Waals surface area contributed by atoms with Gasteiger partial charge >= 0.3 is 0 Å². The smallest absolute Gasteiger partial charge is 0.244 e. The predicted molar refractivity (Wildman–Crippen MR) is 122 cm³/mol. The first-order valence-corrected chi connectivity index (χ1v) is 10.2. The Morgan fingerprint density at radius 1 is 1.00 bits per heavy atom. The van der Waals surface area contributed by atoms with E-state index in [2.05, 4.69) is 63.0 Å². The van der Waals surface area contributed by atoms with Crippen LogP contribution in [0, 0.1) is 0 Å². The van der Waals surface area contributed by atoms with E-state index >= 15 is 0 Å². The van der Waals surface area contributed by atoms with Crippen molar-refractivity contribution >= 4 is 44.1 Å². The van der Waals surface area contributed by atoms with Gasteiger partial charge in [0.25, 0.3) is 0 Å². The number of nitrogens with zero attached hydrogens (tertiary/aromatic N) is 4. The van der Waals surface area contributed by atoms with Crippen LogP contribution in [0.15, 0.2) is 77.3 Å². The number of thiophene rings is 1. The van der Waals surface area contributed by atoms with E-state index in [1.807, 2.05) is 43.3 Å². The zero-order valence-electron chi connectivity index (χ0n) is 16.1. The number of aromatic nitrogens is 3. The van der Waals surface area contributed by atoms with Gasteiger partial charge in [0.2, 0.25) is 5.95 Å². The Labute approximate surface area is 172 Å². The molecule has 0 aliphatic rings. The number of hydrogen-bond acceptors (Lipinski definition) is 5. The maximum Gasteiger partial charge on any atom is 0.244 e. The summed E-state index contributed by atoms with van der Waals surface area (Å²) in [6, 6.07) is 20.5. The van der Waals surface area contributed by atoms with Crippen molar-refractivity contribution < 1.29 is 0 Å². The van der Waals surface area contributed by atoms with Crippen molar-refractivity contribution in [3.63, 3.8) is 0 Å². The average molecular weight is 398 g/mol. The molecule has 3 heterocycles. The van der Waals surface area contributed by atoms with Gasteiger partial charge in [-0.15, -0.1) is 11.3 Å². The van der Waals surface area contributed by atoms with Crippen molar-refractivity contribution in [3.05, 3.63) is 77.8 Å². The second kappa shape index (κ2) is 7.14. The van der Waals surface area contributed by atoms with Crippen molar-refractivity contribution in [2.45, 2.75) is 6.92 Å². The number of nitrogens with one attached hydrogen (secondary N) is 1. The largest absolute Gasteiger partial charge is 0.350 e. The standard InChI is InChI=1S/C23H19N5S/c1-15(16-8-4-3-5-9-16)26-27-23-24-19-12-13-29-22(19)21(25-23)18-14-28(2)20-11-7-6-10-17(18)20/h3-14H,1-2H3,(H,24,25,27)/b26-15+. The van der Waals surface area contributed by atoms with Crippen molar-refractivity contribution in [1.29, 1.82) is 0 Å². The van der Waals surface area contributed by atoms with Crippen LogP contribution in [-0.2, 0) is 7.05 Å². The minimum absolute atomic E-state index is 0.495. The van der Waals surface area contributed by atoms with Gasteiger partial charge in [-0.25, -0.2) is 15.4 Å². The van der Waals surface area contributed by atoms with E-state index in [0.717, 1.165) is 32.7 Å². The fraction of sp³-hybridized carbons (Fsp3) is 0.0870. The summed E-state index contributed by atoms with van der Waals surface area (Å²) in [7, 11) is 2.06. The second-order valence-corrected chi connectivity index (χ2v) is 7.79. The lowest BCUT2D eigenvalue weighted by molar-refractivity contribution is 0.969. The molecule has 5 nitrogen and oxygen atoms in total. The molecule has 0 radical (unpaired) electrons. The summed E-state index contributed by atoms with van der Waals surface area (Å²) in [5.41, 5.74) is 9.12. The van der Waals surface area contributed by atoms with Gasteiger partial charge in [-0.05, 0) is 30.0 Å². The maximum absolute atomic E-state index is 4.84. The molecule has 29 heavy (non-hydrogen) atoms. The van der Waals surface area contributed by atoms with Crippen LogP contribution in [0.1, 0.15) is 12.5 Å². The highest BCUT2D eigenvalue weighted by atomic mass is 32.1. The van der Waals surface area contributed by atoms with Gasteiger partial charge in [-0.2, -0.15) is 5.10 Å². The highest BCUT2D eigenvalue weighted by Gasteiger charge is 2.16. The van der Waals surface area contributed by atoms with Gasteiger partial charge in [0.05, 0.1) is 21.6 Å². The van der Waals surface area contributed by atoms with Crippen molar-refractivity contribution in [2.75, 3.05) is 5.43 Å². The number of aryl methyl sites for hydroxylation is 1. The lowest BCUT2D eigenvalue weighted by Gasteiger charge is -2.06. The maximum atomic E-state index is 4.84. The first kappa shape index (κ1) is 17.6. The van der Waals surface area contributed by atoms with E-state index in [1.54, 1.807) is 11.3 Å². The molecule has 6 heteroatoms. The molecule has 0 fully saturated rings. The highest BCUT2D eigenvalue weighted by molar-refractivity contribution is 7.17. The molecule has 0 spiro atoms. The van der Waals surface area contributed by atoms with E-state index < -0.39 is 0 Å². The molecular formula is C23H19N5S. The molecule has 0 saturated carbocycles. The van der Waals surface area contributed by atoms with Crippen LogP contribution >= 0.6 is 11.3 Å². The summed E-state index contributed by atoms with van der Waals surface area (Å²) in [6.07, 6.45) is 2.13. The molecule has 142 valence electrons. The third-order valence-corrected chi connectivity index (χ3v) is 5.88. The van der Waals surface area contributed by atoms with E-state index in [9.17, 15) is 0 Å². The monoisotopic (exact) mass is 397 g/mol. The fourth-order valence-electron chi connectivity index (χ4n) is 3.50. The van der Waals surface area contributed by atoms with E-state index in [1.165, 1.54) is 10.9 Å². The van der Waals surface area contributed by atoms with Crippen LogP contribution < -0.4 is 5.43 Å².